The average Bonchev–Trinajstić information content (AvgIpc) is 3.59. The molecule has 0 radical (unpaired) electrons. The molecule has 3 aliphatic rings. The Balaban J connectivity index is 1.50. The molecule has 16 heteroatoms. The first kappa shape index (κ1) is 65.4. The first-order chi connectivity index (χ1) is 38.0. The van der Waals surface area contributed by atoms with E-state index in [-0.39, 0.29) is 50.8 Å². The lowest BCUT2D eigenvalue weighted by Gasteiger charge is -2.55. The Morgan fingerprint density at radius 1 is 0.850 bits per heavy atom. The van der Waals surface area contributed by atoms with E-state index in [4.69, 9.17) is 52.1 Å². The first-order valence-corrected chi connectivity index (χ1v) is 28.1. The maximum absolute atomic E-state index is 13.9. The summed E-state index contributed by atoms with van der Waals surface area (Å²) in [7, 11) is 4.39. The third-order valence-electron chi connectivity index (χ3n) is 15.8. The lowest BCUT2D eigenvalue weighted by molar-refractivity contribution is -0.338. The minimum atomic E-state index is -1.78. The SMILES string of the molecule is C=C1C[C@@H](C[C@@]2(C)O[C@H](C[C@@H](C)CC(=O)O)C[C@H](OC(C)=O)C2(C)C)O[C@@H](/C=C/C(C)(C)[C@]2(OC)O[C@H](C[C@@H](OCc3ccc(OC)cc3)[C@@H](C)OCOCc3ccccc3)C/C(=C\C(=O)OC)[C@@H]2OC(=O)/C=C/C=C/CCC)C1. The zero-order valence-electron chi connectivity index (χ0n) is 49.4. The van der Waals surface area contributed by atoms with Gasteiger partial charge in [0.2, 0.25) is 5.79 Å². The number of hydrogen-bond acceptors (Lipinski definition) is 15. The maximum atomic E-state index is 13.9. The van der Waals surface area contributed by atoms with Gasteiger partial charge in [0.1, 0.15) is 18.6 Å². The summed E-state index contributed by atoms with van der Waals surface area (Å²) < 4.78 is 69.7. The van der Waals surface area contributed by atoms with Crippen LogP contribution in [0.3, 0.4) is 0 Å². The molecule has 2 aromatic rings. The Morgan fingerprint density at radius 3 is 2.21 bits per heavy atom. The van der Waals surface area contributed by atoms with Crippen LogP contribution in [-0.4, -0.2) is 117 Å². The molecule has 0 aliphatic carbocycles. The van der Waals surface area contributed by atoms with Gasteiger partial charge in [-0.3, -0.25) is 9.59 Å². The van der Waals surface area contributed by atoms with Crippen LogP contribution in [0.25, 0.3) is 0 Å². The molecule has 16 nitrogen and oxygen atoms in total. The number of unbranched alkanes of at least 4 members (excludes halogenated alkanes) is 1. The summed E-state index contributed by atoms with van der Waals surface area (Å²) in [5.74, 6) is -3.86. The number of benzene rings is 2. The molecule has 0 amide bonds. The molecular formula is C64H90O16. The number of carbonyl (C=O) groups excluding carboxylic acids is 3. The van der Waals surface area contributed by atoms with Crippen molar-refractivity contribution in [2.75, 3.05) is 28.1 Å². The largest absolute Gasteiger partial charge is 0.497 e. The van der Waals surface area contributed by atoms with E-state index in [1.54, 1.807) is 19.3 Å². The van der Waals surface area contributed by atoms with Gasteiger partial charge in [-0.05, 0) is 80.7 Å². The number of carboxylic acids is 1. The van der Waals surface area contributed by atoms with Crippen LogP contribution in [0.2, 0.25) is 0 Å². The number of aliphatic carboxylic acids is 1. The molecule has 0 saturated carbocycles. The first-order valence-electron chi connectivity index (χ1n) is 28.1. The van der Waals surface area contributed by atoms with Crippen molar-refractivity contribution in [2.24, 2.45) is 16.7 Å². The fourth-order valence-electron chi connectivity index (χ4n) is 11.0. The van der Waals surface area contributed by atoms with Crippen molar-refractivity contribution in [3.05, 3.63) is 126 Å². The Kier molecular flexibility index (Phi) is 25.0. The van der Waals surface area contributed by atoms with E-state index >= 15 is 0 Å². The van der Waals surface area contributed by atoms with Crippen LogP contribution in [0.4, 0.5) is 0 Å². The van der Waals surface area contributed by atoms with Crippen molar-refractivity contribution in [1.29, 1.82) is 0 Å². The minimum Gasteiger partial charge on any atom is -0.497 e. The fourth-order valence-corrected chi connectivity index (χ4v) is 11.0. The molecule has 3 heterocycles. The molecule has 0 unspecified atom stereocenters. The van der Waals surface area contributed by atoms with Crippen molar-refractivity contribution in [1.82, 2.24) is 0 Å². The third-order valence-corrected chi connectivity index (χ3v) is 15.8. The summed E-state index contributed by atoms with van der Waals surface area (Å²) in [6, 6.07) is 17.4. The summed E-state index contributed by atoms with van der Waals surface area (Å²) in [5.41, 5.74) is 0.590. The van der Waals surface area contributed by atoms with Gasteiger partial charge in [0, 0.05) is 62.7 Å². The average molecular weight is 1120 g/mol. The third kappa shape index (κ3) is 18.5. The maximum Gasteiger partial charge on any atom is 0.331 e. The van der Waals surface area contributed by atoms with E-state index in [1.807, 2.05) is 121 Å². The molecule has 442 valence electrons. The number of rotatable bonds is 29. The second kappa shape index (κ2) is 30.6. The molecule has 1 N–H and O–H groups in total. The fraction of sp³-hybridized carbons (Fsp3) is 0.594. The van der Waals surface area contributed by atoms with Crippen LogP contribution in [-0.2, 0) is 79.8 Å². The van der Waals surface area contributed by atoms with Gasteiger partial charge < -0.3 is 57.2 Å². The van der Waals surface area contributed by atoms with Gasteiger partial charge in [-0.1, -0.05) is 133 Å². The number of hydrogen-bond donors (Lipinski definition) is 1. The number of methoxy groups -OCH3 is 3. The van der Waals surface area contributed by atoms with E-state index in [9.17, 15) is 24.3 Å². The van der Waals surface area contributed by atoms with Crippen LogP contribution in [0.1, 0.15) is 138 Å². The Labute approximate surface area is 475 Å². The molecule has 3 saturated heterocycles. The van der Waals surface area contributed by atoms with Gasteiger partial charge in [0.05, 0.1) is 69.7 Å². The van der Waals surface area contributed by atoms with E-state index in [0.717, 1.165) is 29.5 Å². The summed E-state index contributed by atoms with van der Waals surface area (Å²) in [6.45, 7) is 22.2. The van der Waals surface area contributed by atoms with E-state index in [2.05, 4.69) is 13.5 Å². The highest BCUT2D eigenvalue weighted by molar-refractivity contribution is 5.84. The van der Waals surface area contributed by atoms with Gasteiger partial charge in [-0.25, -0.2) is 9.59 Å². The highest BCUT2D eigenvalue weighted by Crippen LogP contribution is 2.52. The second-order valence-corrected chi connectivity index (χ2v) is 22.9. The monoisotopic (exact) mass is 1110 g/mol. The summed E-state index contributed by atoms with van der Waals surface area (Å²) in [6.07, 6.45) is 11.6. The Morgan fingerprint density at radius 2 is 1.56 bits per heavy atom. The number of carbonyl (C=O) groups is 4. The molecule has 3 aliphatic heterocycles. The van der Waals surface area contributed by atoms with Crippen molar-refractivity contribution < 1.29 is 76.4 Å². The molecule has 0 spiro atoms. The number of esters is 3. The van der Waals surface area contributed by atoms with Gasteiger partial charge in [-0.2, -0.15) is 0 Å². The highest BCUT2D eigenvalue weighted by atomic mass is 16.7. The summed E-state index contributed by atoms with van der Waals surface area (Å²) in [5, 5.41) is 9.55. The van der Waals surface area contributed by atoms with Gasteiger partial charge in [0.25, 0.3) is 0 Å². The van der Waals surface area contributed by atoms with Gasteiger partial charge >= 0.3 is 23.9 Å². The standard InChI is InChI=1S/C64H90O16/c1-14-15-16-17-21-24-58(68)78-60-49(36-59(69)71-12)35-53(37-55(74-41-48-25-27-50(70-11)28-26-48)45(4)75-42-73-40-47-22-19-18-20-23-47)80-64(60,72-13)61(6,7)30-29-51-31-43(2)33-54(77-51)39-63(10)62(8,9)56(76-46(5)65)38-52(79-63)32-44(3)34-57(66)67/h16-30,36,44-45,51-56,60H,2,14-15,31-35,37-42H2,1,3-13H3,(H,66,67)/b17-16+,24-21+,30-29+,49-36+/t44-,45-,51+,52-,53+,54+,55-,56+,60+,63-,64-/m1/s1. The van der Waals surface area contributed by atoms with Gasteiger partial charge in [0.15, 0.2) is 6.10 Å². The smallest absolute Gasteiger partial charge is 0.331 e. The lowest BCUT2D eigenvalue weighted by atomic mass is 9.65. The van der Waals surface area contributed by atoms with Crippen molar-refractivity contribution in [3.8, 4) is 5.75 Å². The van der Waals surface area contributed by atoms with Crippen LogP contribution < -0.4 is 4.74 Å². The number of allylic oxidation sites excluding steroid dienone is 3. The van der Waals surface area contributed by atoms with Crippen LogP contribution >= 0.6 is 0 Å². The van der Waals surface area contributed by atoms with Crippen LogP contribution in [0, 0.1) is 16.7 Å². The Bertz CT molecular complexity index is 2440. The molecule has 0 aromatic heterocycles. The van der Waals surface area contributed by atoms with Crippen molar-refractivity contribution in [3.63, 3.8) is 0 Å². The topological polar surface area (TPSA) is 190 Å². The van der Waals surface area contributed by atoms with E-state index in [1.165, 1.54) is 33.3 Å². The molecular weight excluding hydrogens is 1020 g/mol. The molecule has 11 atom stereocenters. The Hall–Kier alpha value is -5.46. The van der Waals surface area contributed by atoms with Gasteiger partial charge in [-0.15, -0.1) is 0 Å². The number of carboxylic acid groups (broad SMARTS) is 1. The molecule has 80 heavy (non-hydrogen) atoms. The summed E-state index contributed by atoms with van der Waals surface area (Å²) >= 11 is 0. The zero-order valence-corrected chi connectivity index (χ0v) is 49.4. The van der Waals surface area contributed by atoms with E-state index < -0.39 is 82.7 Å². The normalized spacial score (nSPS) is 27.0. The van der Waals surface area contributed by atoms with Crippen molar-refractivity contribution in [2.45, 2.75) is 200 Å². The minimum absolute atomic E-state index is 0.00970. The predicted octanol–water partition coefficient (Wildman–Crippen LogP) is 11.7. The van der Waals surface area contributed by atoms with Crippen LogP contribution in [0.15, 0.2) is 115 Å². The molecule has 3 fully saturated rings. The number of ether oxygens (including phenoxy) is 11. The highest BCUT2D eigenvalue weighted by Gasteiger charge is 2.60. The molecule has 0 bridgehead atoms. The summed E-state index contributed by atoms with van der Waals surface area (Å²) in [4.78, 5) is 51.5. The quantitative estimate of drug-likeness (QED) is 0.0154. The predicted molar refractivity (Wildman–Crippen MR) is 303 cm³/mol. The zero-order chi connectivity index (χ0) is 58.7. The lowest BCUT2D eigenvalue weighted by Crippen LogP contribution is -2.63. The second-order valence-electron chi connectivity index (χ2n) is 22.9. The van der Waals surface area contributed by atoms with E-state index in [0.29, 0.717) is 50.0 Å². The molecule has 2 aromatic carbocycles. The van der Waals surface area contributed by atoms with Crippen molar-refractivity contribution >= 4 is 23.9 Å². The molecule has 5 rings (SSSR count). The van der Waals surface area contributed by atoms with Crippen LogP contribution in [0.5, 0.6) is 5.75 Å².